The van der Waals surface area contributed by atoms with Gasteiger partial charge >= 0.3 is 0 Å². The predicted octanol–water partition coefficient (Wildman–Crippen LogP) is 2.75. The number of methoxy groups -OCH3 is 2. The van der Waals surface area contributed by atoms with Crippen molar-refractivity contribution in [3.8, 4) is 11.5 Å². The van der Waals surface area contributed by atoms with Gasteiger partial charge in [-0.3, -0.25) is 9.59 Å². The summed E-state index contributed by atoms with van der Waals surface area (Å²) in [6.07, 6.45) is 1.40. The van der Waals surface area contributed by atoms with Gasteiger partial charge in [-0.05, 0) is 25.1 Å². The SMILES string of the molecule is COc1cc(NC(=O)c2ccco2)c(C(C)=O)cc1OC. The number of rotatable bonds is 5. The monoisotopic (exact) mass is 289 g/mol. The zero-order valence-corrected chi connectivity index (χ0v) is 11.9. The highest BCUT2D eigenvalue weighted by atomic mass is 16.5. The average Bonchev–Trinajstić information content (AvgIpc) is 3.00. The van der Waals surface area contributed by atoms with Crippen LogP contribution in [0.25, 0.3) is 0 Å². The molecule has 110 valence electrons. The molecular weight excluding hydrogens is 274 g/mol. The van der Waals surface area contributed by atoms with Gasteiger partial charge in [0.05, 0.1) is 26.2 Å². The second-order valence-electron chi connectivity index (χ2n) is 4.24. The summed E-state index contributed by atoms with van der Waals surface area (Å²) in [5.41, 5.74) is 0.661. The Hall–Kier alpha value is -2.76. The molecule has 0 aliphatic rings. The molecule has 0 radical (unpaired) electrons. The van der Waals surface area contributed by atoms with Gasteiger partial charge in [0.25, 0.3) is 5.91 Å². The summed E-state index contributed by atoms with van der Waals surface area (Å²) in [5, 5.41) is 2.63. The number of carbonyl (C=O) groups excluding carboxylic acids is 2. The number of ketones is 1. The molecule has 0 atom stereocenters. The van der Waals surface area contributed by atoms with Crippen molar-refractivity contribution in [2.75, 3.05) is 19.5 Å². The summed E-state index contributed by atoms with van der Waals surface area (Å²) in [6, 6.07) is 6.20. The van der Waals surface area contributed by atoms with Crippen LogP contribution < -0.4 is 14.8 Å². The number of amides is 1. The van der Waals surface area contributed by atoms with E-state index in [0.29, 0.717) is 22.7 Å². The summed E-state index contributed by atoms with van der Waals surface area (Å²) in [5.74, 6) is 0.329. The van der Waals surface area contributed by atoms with Crippen molar-refractivity contribution < 1.29 is 23.5 Å². The molecule has 0 aliphatic heterocycles. The molecule has 0 aliphatic carbocycles. The number of hydrogen-bond donors (Lipinski definition) is 1. The largest absolute Gasteiger partial charge is 0.493 e. The van der Waals surface area contributed by atoms with Crippen LogP contribution in [-0.2, 0) is 0 Å². The highest BCUT2D eigenvalue weighted by Gasteiger charge is 2.17. The Morgan fingerprint density at radius 1 is 1.14 bits per heavy atom. The number of carbonyl (C=O) groups is 2. The van der Waals surface area contributed by atoms with Crippen LogP contribution in [0.2, 0.25) is 0 Å². The number of ether oxygens (including phenoxy) is 2. The Balaban J connectivity index is 2.41. The number of hydrogen-bond acceptors (Lipinski definition) is 5. The van der Waals surface area contributed by atoms with Gasteiger partial charge in [0.2, 0.25) is 0 Å². The van der Waals surface area contributed by atoms with E-state index in [1.54, 1.807) is 6.07 Å². The van der Waals surface area contributed by atoms with Crippen molar-refractivity contribution >= 4 is 17.4 Å². The van der Waals surface area contributed by atoms with Crippen LogP contribution in [0.5, 0.6) is 11.5 Å². The molecule has 1 amide bonds. The Labute approximate surface area is 121 Å². The molecule has 21 heavy (non-hydrogen) atoms. The minimum absolute atomic E-state index is 0.152. The number of furan rings is 1. The third kappa shape index (κ3) is 3.05. The van der Waals surface area contributed by atoms with Gasteiger partial charge in [-0.15, -0.1) is 0 Å². The van der Waals surface area contributed by atoms with E-state index < -0.39 is 5.91 Å². The Bertz CT molecular complexity index is 661. The molecule has 0 bridgehead atoms. The molecular formula is C15H15NO5. The number of nitrogens with one attached hydrogen (secondary N) is 1. The smallest absolute Gasteiger partial charge is 0.291 e. The van der Waals surface area contributed by atoms with Gasteiger partial charge in [0, 0.05) is 11.6 Å². The Kier molecular flexibility index (Phi) is 4.27. The van der Waals surface area contributed by atoms with Gasteiger partial charge in [0.1, 0.15) is 0 Å². The zero-order valence-electron chi connectivity index (χ0n) is 11.9. The first-order chi connectivity index (χ1) is 10.1. The lowest BCUT2D eigenvalue weighted by Crippen LogP contribution is -2.14. The summed E-state index contributed by atoms with van der Waals surface area (Å²) in [6.45, 7) is 1.41. The fourth-order valence-corrected chi connectivity index (χ4v) is 1.87. The third-order valence-electron chi connectivity index (χ3n) is 2.90. The molecule has 0 saturated heterocycles. The van der Waals surface area contributed by atoms with Crippen LogP contribution in [0.3, 0.4) is 0 Å². The average molecular weight is 289 g/mol. The summed E-state index contributed by atoms with van der Waals surface area (Å²) in [4.78, 5) is 23.7. The van der Waals surface area contributed by atoms with Crippen molar-refractivity contribution in [2.24, 2.45) is 0 Å². The van der Waals surface area contributed by atoms with Crippen LogP contribution in [-0.4, -0.2) is 25.9 Å². The van der Waals surface area contributed by atoms with E-state index in [1.807, 2.05) is 0 Å². The molecule has 1 aromatic heterocycles. The third-order valence-corrected chi connectivity index (χ3v) is 2.90. The molecule has 1 heterocycles. The maximum absolute atomic E-state index is 12.0. The molecule has 1 N–H and O–H groups in total. The van der Waals surface area contributed by atoms with E-state index in [1.165, 1.54) is 45.6 Å². The summed E-state index contributed by atoms with van der Waals surface area (Å²) < 4.78 is 15.3. The highest BCUT2D eigenvalue weighted by molar-refractivity contribution is 6.08. The minimum Gasteiger partial charge on any atom is -0.493 e. The zero-order chi connectivity index (χ0) is 15.4. The standard InChI is InChI=1S/C15H15NO5/c1-9(17)10-7-13(19-2)14(20-3)8-11(10)16-15(18)12-5-4-6-21-12/h4-8H,1-3H3,(H,16,18). The van der Waals surface area contributed by atoms with Crippen molar-refractivity contribution in [3.63, 3.8) is 0 Å². The molecule has 0 fully saturated rings. The fourth-order valence-electron chi connectivity index (χ4n) is 1.87. The normalized spacial score (nSPS) is 10.0. The highest BCUT2D eigenvalue weighted by Crippen LogP contribution is 2.33. The second-order valence-corrected chi connectivity index (χ2v) is 4.24. The predicted molar refractivity (Wildman–Crippen MR) is 76.2 cm³/mol. The first-order valence-corrected chi connectivity index (χ1v) is 6.18. The Morgan fingerprint density at radius 2 is 1.81 bits per heavy atom. The van der Waals surface area contributed by atoms with E-state index in [4.69, 9.17) is 13.9 Å². The second kappa shape index (κ2) is 6.13. The minimum atomic E-state index is -0.449. The first-order valence-electron chi connectivity index (χ1n) is 6.18. The fraction of sp³-hybridized carbons (Fsp3) is 0.200. The van der Waals surface area contributed by atoms with Crippen LogP contribution in [0.4, 0.5) is 5.69 Å². The van der Waals surface area contributed by atoms with Gasteiger partial charge < -0.3 is 19.2 Å². The van der Waals surface area contributed by atoms with Crippen molar-refractivity contribution in [1.82, 2.24) is 0 Å². The van der Waals surface area contributed by atoms with Crippen LogP contribution >= 0.6 is 0 Å². The van der Waals surface area contributed by atoms with Crippen molar-refractivity contribution in [3.05, 3.63) is 41.9 Å². The lowest BCUT2D eigenvalue weighted by atomic mass is 10.1. The Morgan fingerprint density at radius 3 is 2.33 bits per heavy atom. The number of Topliss-reactive ketones (excluding diaryl/α,β-unsaturated/α-hetero) is 1. The van der Waals surface area contributed by atoms with Crippen LogP contribution in [0.15, 0.2) is 34.9 Å². The molecule has 6 heteroatoms. The van der Waals surface area contributed by atoms with E-state index >= 15 is 0 Å². The topological polar surface area (TPSA) is 77.8 Å². The summed E-state index contributed by atoms with van der Waals surface area (Å²) in [7, 11) is 2.95. The lowest BCUT2D eigenvalue weighted by molar-refractivity contribution is 0.0996. The van der Waals surface area contributed by atoms with Gasteiger partial charge in [-0.2, -0.15) is 0 Å². The lowest BCUT2D eigenvalue weighted by Gasteiger charge is -2.13. The van der Waals surface area contributed by atoms with Crippen LogP contribution in [0, 0.1) is 0 Å². The molecule has 0 saturated carbocycles. The summed E-state index contributed by atoms with van der Waals surface area (Å²) >= 11 is 0. The first kappa shape index (κ1) is 14.6. The number of anilines is 1. The van der Waals surface area contributed by atoms with E-state index in [9.17, 15) is 9.59 Å². The molecule has 0 unspecified atom stereocenters. The van der Waals surface area contributed by atoms with Gasteiger partial charge in [0.15, 0.2) is 23.0 Å². The van der Waals surface area contributed by atoms with Gasteiger partial charge in [-0.25, -0.2) is 0 Å². The maximum atomic E-state index is 12.0. The van der Waals surface area contributed by atoms with E-state index in [2.05, 4.69) is 5.32 Å². The quantitative estimate of drug-likeness (QED) is 0.856. The van der Waals surface area contributed by atoms with E-state index in [0.717, 1.165) is 0 Å². The molecule has 2 aromatic rings. The molecule has 2 rings (SSSR count). The van der Waals surface area contributed by atoms with Crippen molar-refractivity contribution in [2.45, 2.75) is 6.92 Å². The number of benzene rings is 1. The van der Waals surface area contributed by atoms with Crippen molar-refractivity contribution in [1.29, 1.82) is 0 Å². The maximum Gasteiger partial charge on any atom is 0.291 e. The molecule has 0 spiro atoms. The molecule has 1 aromatic carbocycles. The van der Waals surface area contributed by atoms with Gasteiger partial charge in [-0.1, -0.05) is 0 Å². The van der Waals surface area contributed by atoms with E-state index in [-0.39, 0.29) is 11.5 Å². The van der Waals surface area contributed by atoms with Crippen LogP contribution in [0.1, 0.15) is 27.8 Å². The molecule has 6 nitrogen and oxygen atoms in total.